The van der Waals surface area contributed by atoms with Crippen LogP contribution in [0, 0.1) is 6.92 Å². The average Bonchev–Trinajstić information content (AvgIpc) is 2.57. The largest absolute Gasteiger partial charge is 0.494 e. The van der Waals surface area contributed by atoms with Gasteiger partial charge in [0.1, 0.15) is 5.75 Å². The van der Waals surface area contributed by atoms with Crippen LogP contribution in [-0.4, -0.2) is 27.0 Å². The van der Waals surface area contributed by atoms with Gasteiger partial charge < -0.3 is 10.1 Å². The third kappa shape index (κ3) is 5.30. The standard InChI is InChI=1S/C18H22N2O4S/c1-4-24-16-9-7-15(8-10-16)19-18(21)14(3)20-25(22,23)17-11-5-13(2)6-12-17/h5-12,14,20H,4H2,1-3H3,(H,19,21). The van der Waals surface area contributed by atoms with Gasteiger partial charge in [-0.25, -0.2) is 8.42 Å². The number of sulfonamides is 1. The van der Waals surface area contributed by atoms with Crippen molar-refractivity contribution in [3.8, 4) is 5.75 Å². The summed E-state index contributed by atoms with van der Waals surface area (Å²) in [5.74, 6) is 0.258. The Kier molecular flexibility index (Phi) is 6.17. The molecule has 1 atom stereocenters. The van der Waals surface area contributed by atoms with Crippen molar-refractivity contribution in [3.05, 3.63) is 54.1 Å². The second-order valence-corrected chi connectivity index (χ2v) is 7.32. The molecule has 0 aliphatic heterocycles. The molecule has 0 saturated carbocycles. The van der Waals surface area contributed by atoms with Crippen molar-refractivity contribution in [2.45, 2.75) is 31.7 Å². The van der Waals surface area contributed by atoms with E-state index in [-0.39, 0.29) is 4.90 Å². The molecule has 0 bridgehead atoms. The minimum absolute atomic E-state index is 0.124. The molecule has 0 fully saturated rings. The van der Waals surface area contributed by atoms with E-state index in [1.165, 1.54) is 19.1 Å². The normalized spacial score (nSPS) is 12.4. The highest BCUT2D eigenvalue weighted by Gasteiger charge is 2.22. The molecule has 0 radical (unpaired) electrons. The lowest BCUT2D eigenvalue weighted by Crippen LogP contribution is -2.41. The molecule has 25 heavy (non-hydrogen) atoms. The topological polar surface area (TPSA) is 84.5 Å². The van der Waals surface area contributed by atoms with Crippen molar-refractivity contribution in [2.75, 3.05) is 11.9 Å². The van der Waals surface area contributed by atoms with E-state index in [2.05, 4.69) is 10.0 Å². The van der Waals surface area contributed by atoms with E-state index < -0.39 is 22.0 Å². The number of hydrogen-bond acceptors (Lipinski definition) is 4. The van der Waals surface area contributed by atoms with Crippen LogP contribution >= 0.6 is 0 Å². The molecule has 1 unspecified atom stereocenters. The highest BCUT2D eigenvalue weighted by Crippen LogP contribution is 2.16. The van der Waals surface area contributed by atoms with Crippen molar-refractivity contribution < 1.29 is 17.9 Å². The Morgan fingerprint density at radius 1 is 1.08 bits per heavy atom. The van der Waals surface area contributed by atoms with E-state index in [9.17, 15) is 13.2 Å². The quantitative estimate of drug-likeness (QED) is 0.793. The van der Waals surface area contributed by atoms with Gasteiger partial charge >= 0.3 is 0 Å². The number of anilines is 1. The second kappa shape index (κ2) is 8.13. The smallest absolute Gasteiger partial charge is 0.242 e. The average molecular weight is 362 g/mol. The lowest BCUT2D eigenvalue weighted by atomic mass is 10.2. The number of hydrogen-bond donors (Lipinski definition) is 2. The van der Waals surface area contributed by atoms with Crippen LogP contribution in [0.25, 0.3) is 0 Å². The van der Waals surface area contributed by atoms with Gasteiger partial charge in [-0.05, 0) is 57.2 Å². The molecule has 1 amide bonds. The summed E-state index contributed by atoms with van der Waals surface area (Å²) in [6, 6.07) is 12.4. The molecule has 0 spiro atoms. The van der Waals surface area contributed by atoms with Crippen LogP contribution in [0.4, 0.5) is 5.69 Å². The Morgan fingerprint density at radius 2 is 1.68 bits per heavy atom. The summed E-state index contributed by atoms with van der Waals surface area (Å²) < 4.78 is 32.4. The summed E-state index contributed by atoms with van der Waals surface area (Å²) in [7, 11) is -3.76. The molecule has 2 rings (SSSR count). The predicted molar refractivity (Wildman–Crippen MR) is 97.2 cm³/mol. The molecule has 0 aliphatic carbocycles. The number of carbonyl (C=O) groups is 1. The molecule has 2 aromatic carbocycles. The lowest BCUT2D eigenvalue weighted by Gasteiger charge is -2.15. The van der Waals surface area contributed by atoms with Gasteiger partial charge in [0, 0.05) is 5.69 Å². The van der Waals surface area contributed by atoms with Crippen LogP contribution in [0.3, 0.4) is 0 Å². The minimum atomic E-state index is -3.76. The van der Waals surface area contributed by atoms with Crippen LogP contribution in [0.5, 0.6) is 5.75 Å². The summed E-state index contributed by atoms with van der Waals surface area (Å²) in [5.41, 5.74) is 1.52. The van der Waals surface area contributed by atoms with E-state index >= 15 is 0 Å². The van der Waals surface area contributed by atoms with Crippen molar-refractivity contribution in [3.63, 3.8) is 0 Å². The van der Waals surface area contributed by atoms with Crippen molar-refractivity contribution in [2.24, 2.45) is 0 Å². The first-order valence-electron chi connectivity index (χ1n) is 7.94. The minimum Gasteiger partial charge on any atom is -0.494 e. The molecule has 0 saturated heterocycles. The van der Waals surface area contributed by atoms with Gasteiger partial charge in [-0.1, -0.05) is 17.7 Å². The number of carbonyl (C=O) groups excluding carboxylic acids is 1. The van der Waals surface area contributed by atoms with Crippen LogP contribution in [0.15, 0.2) is 53.4 Å². The van der Waals surface area contributed by atoms with Gasteiger partial charge in [0.05, 0.1) is 17.5 Å². The third-order valence-electron chi connectivity index (χ3n) is 3.49. The number of rotatable bonds is 7. The van der Waals surface area contributed by atoms with E-state index in [4.69, 9.17) is 4.74 Å². The molecule has 134 valence electrons. The van der Waals surface area contributed by atoms with Crippen LogP contribution < -0.4 is 14.8 Å². The maximum absolute atomic E-state index is 12.3. The van der Waals surface area contributed by atoms with Crippen LogP contribution in [-0.2, 0) is 14.8 Å². The molecule has 6 nitrogen and oxygen atoms in total. The SMILES string of the molecule is CCOc1ccc(NC(=O)C(C)NS(=O)(=O)c2ccc(C)cc2)cc1. The zero-order chi connectivity index (χ0) is 18.4. The number of benzene rings is 2. The highest BCUT2D eigenvalue weighted by atomic mass is 32.2. The Morgan fingerprint density at radius 3 is 2.24 bits per heavy atom. The predicted octanol–water partition coefficient (Wildman–Crippen LogP) is 2.70. The van der Waals surface area contributed by atoms with Crippen LogP contribution in [0.1, 0.15) is 19.4 Å². The highest BCUT2D eigenvalue weighted by molar-refractivity contribution is 7.89. The summed E-state index contributed by atoms with van der Waals surface area (Å²) in [5, 5.41) is 2.67. The van der Waals surface area contributed by atoms with Crippen LogP contribution in [0.2, 0.25) is 0 Å². The van der Waals surface area contributed by atoms with Gasteiger partial charge in [0.2, 0.25) is 15.9 Å². The van der Waals surface area contributed by atoms with Crippen molar-refractivity contribution in [1.29, 1.82) is 0 Å². The maximum Gasteiger partial charge on any atom is 0.242 e. The van der Waals surface area contributed by atoms with E-state index in [1.54, 1.807) is 36.4 Å². The first-order valence-corrected chi connectivity index (χ1v) is 9.43. The molecule has 2 aromatic rings. The fourth-order valence-electron chi connectivity index (χ4n) is 2.12. The Labute approximate surface area is 148 Å². The molecule has 2 N–H and O–H groups in total. The van der Waals surface area contributed by atoms with E-state index in [0.29, 0.717) is 18.0 Å². The maximum atomic E-state index is 12.3. The van der Waals surface area contributed by atoms with Gasteiger partial charge in [0.25, 0.3) is 0 Å². The lowest BCUT2D eigenvalue weighted by molar-refractivity contribution is -0.117. The van der Waals surface area contributed by atoms with Gasteiger partial charge in [-0.3, -0.25) is 4.79 Å². The van der Waals surface area contributed by atoms with Crippen molar-refractivity contribution >= 4 is 21.6 Å². The van der Waals surface area contributed by atoms with E-state index in [0.717, 1.165) is 5.56 Å². The number of ether oxygens (including phenoxy) is 1. The summed E-state index contributed by atoms with van der Waals surface area (Å²) >= 11 is 0. The second-order valence-electron chi connectivity index (χ2n) is 5.60. The Bertz CT molecular complexity index is 815. The molecule has 7 heteroatoms. The first-order chi connectivity index (χ1) is 11.8. The monoisotopic (exact) mass is 362 g/mol. The summed E-state index contributed by atoms with van der Waals surface area (Å²) in [4.78, 5) is 12.3. The third-order valence-corrected chi connectivity index (χ3v) is 5.05. The summed E-state index contributed by atoms with van der Waals surface area (Å²) in [6.07, 6.45) is 0. The molecule has 0 aromatic heterocycles. The molecule has 0 heterocycles. The molecular weight excluding hydrogens is 340 g/mol. The van der Waals surface area contributed by atoms with Gasteiger partial charge in [-0.15, -0.1) is 0 Å². The Balaban J connectivity index is 2.00. The number of amides is 1. The van der Waals surface area contributed by atoms with E-state index in [1.807, 2.05) is 13.8 Å². The van der Waals surface area contributed by atoms with Gasteiger partial charge in [-0.2, -0.15) is 4.72 Å². The Hall–Kier alpha value is -2.38. The zero-order valence-electron chi connectivity index (χ0n) is 14.4. The molecule has 0 aliphatic rings. The number of aryl methyl sites for hydroxylation is 1. The fraction of sp³-hybridized carbons (Fsp3) is 0.278. The first kappa shape index (κ1) is 19.0. The van der Waals surface area contributed by atoms with Gasteiger partial charge in [0.15, 0.2) is 0 Å². The molecular formula is C18H22N2O4S. The summed E-state index contributed by atoms with van der Waals surface area (Å²) in [6.45, 7) is 5.81. The fourth-order valence-corrected chi connectivity index (χ4v) is 3.33. The van der Waals surface area contributed by atoms with Crippen molar-refractivity contribution in [1.82, 2.24) is 4.72 Å². The zero-order valence-corrected chi connectivity index (χ0v) is 15.3. The number of nitrogens with one attached hydrogen (secondary N) is 2.